The molecule has 0 radical (unpaired) electrons. The van der Waals surface area contributed by atoms with Gasteiger partial charge in [-0.15, -0.1) is 0 Å². The van der Waals surface area contributed by atoms with Gasteiger partial charge >= 0.3 is 12.1 Å². The second-order valence-corrected chi connectivity index (χ2v) is 4.32. The third kappa shape index (κ3) is 3.19. The van der Waals surface area contributed by atoms with E-state index in [-0.39, 0.29) is 34.7 Å². The highest BCUT2D eigenvalue weighted by molar-refractivity contribution is 6.34. The number of hydrogen-bond acceptors (Lipinski definition) is 2. The molecule has 0 aliphatic heterocycles. The van der Waals surface area contributed by atoms with Crippen molar-refractivity contribution in [2.45, 2.75) is 26.1 Å². The van der Waals surface area contributed by atoms with E-state index in [0.29, 0.717) is 0 Å². The molecule has 0 spiro atoms. The van der Waals surface area contributed by atoms with Crippen LogP contribution >= 0.6 is 11.6 Å². The molecule has 0 atom stereocenters. The van der Waals surface area contributed by atoms with Crippen LogP contribution in [-0.4, -0.2) is 18.1 Å². The summed E-state index contributed by atoms with van der Waals surface area (Å²) in [6.07, 6.45) is -4.50. The Morgan fingerprint density at radius 3 is 2.42 bits per heavy atom. The largest absolute Gasteiger partial charge is 0.478 e. The van der Waals surface area contributed by atoms with Gasteiger partial charge in [0.05, 0.1) is 16.1 Å². The molecule has 106 valence electrons. The second kappa shape index (κ2) is 5.79. The van der Waals surface area contributed by atoms with Crippen molar-refractivity contribution in [1.29, 1.82) is 0 Å². The quantitative estimate of drug-likeness (QED) is 0.895. The van der Waals surface area contributed by atoms with Crippen LogP contribution in [0.1, 0.15) is 34.0 Å². The number of halogens is 4. The Kier molecular flexibility index (Phi) is 4.81. The molecule has 0 aliphatic rings. The lowest BCUT2D eigenvalue weighted by Crippen LogP contribution is -2.19. The van der Waals surface area contributed by atoms with E-state index < -0.39 is 17.7 Å². The number of nitrogens with one attached hydrogen (secondary N) is 1. The lowest BCUT2D eigenvalue weighted by molar-refractivity contribution is -0.138. The van der Waals surface area contributed by atoms with Gasteiger partial charge in [0.25, 0.3) is 0 Å². The predicted octanol–water partition coefficient (Wildman–Crippen LogP) is 3.34. The maximum atomic E-state index is 13.1. The maximum absolute atomic E-state index is 13.1. The smallest absolute Gasteiger partial charge is 0.417 e. The van der Waals surface area contributed by atoms with Gasteiger partial charge in [-0.05, 0) is 30.7 Å². The van der Waals surface area contributed by atoms with Crippen molar-refractivity contribution in [3.05, 3.63) is 33.3 Å². The summed E-state index contributed by atoms with van der Waals surface area (Å²) in [5.74, 6) is -1.34. The minimum Gasteiger partial charge on any atom is -0.478 e. The fourth-order valence-electron chi connectivity index (χ4n) is 1.91. The van der Waals surface area contributed by atoms with Crippen molar-refractivity contribution in [3.63, 3.8) is 0 Å². The summed E-state index contributed by atoms with van der Waals surface area (Å²) in [4.78, 5) is 11.0. The van der Waals surface area contributed by atoms with E-state index in [1.54, 1.807) is 0 Å². The summed E-state index contributed by atoms with van der Waals surface area (Å²) in [5, 5.41) is 11.2. The zero-order valence-corrected chi connectivity index (χ0v) is 11.1. The number of hydrogen-bond donors (Lipinski definition) is 2. The average molecular weight is 296 g/mol. The third-order valence-corrected chi connectivity index (χ3v) is 3.12. The molecule has 19 heavy (non-hydrogen) atoms. The minimum atomic E-state index is -4.57. The molecule has 0 amide bonds. The standard InChI is InChI=1S/C12H13ClF3NO2/c1-3-6-4-7(11(18)19)10(13)8(5-17-2)9(6)12(14,15)16/h4,17H,3,5H2,1-2H3,(H,18,19). The molecule has 0 saturated heterocycles. The van der Waals surface area contributed by atoms with E-state index in [1.807, 2.05) is 0 Å². The summed E-state index contributed by atoms with van der Waals surface area (Å²) < 4.78 is 39.3. The molecule has 0 aromatic heterocycles. The molecule has 1 aromatic rings. The molecular weight excluding hydrogens is 283 g/mol. The summed E-state index contributed by atoms with van der Waals surface area (Å²) in [6.45, 7) is 1.38. The number of rotatable bonds is 4. The highest BCUT2D eigenvalue weighted by Gasteiger charge is 2.37. The molecule has 0 heterocycles. The number of carbonyl (C=O) groups is 1. The second-order valence-electron chi connectivity index (χ2n) is 3.94. The lowest BCUT2D eigenvalue weighted by Gasteiger charge is -2.19. The zero-order chi connectivity index (χ0) is 14.8. The van der Waals surface area contributed by atoms with Gasteiger partial charge in [0.1, 0.15) is 0 Å². The third-order valence-electron chi connectivity index (χ3n) is 2.69. The number of alkyl halides is 3. The van der Waals surface area contributed by atoms with Gasteiger partial charge in [-0.3, -0.25) is 0 Å². The first-order valence-corrected chi connectivity index (χ1v) is 5.91. The molecule has 0 aliphatic carbocycles. The Morgan fingerprint density at radius 1 is 1.47 bits per heavy atom. The first-order chi connectivity index (χ1) is 8.73. The molecule has 0 bridgehead atoms. The Labute approximate surface area is 113 Å². The molecule has 1 aromatic carbocycles. The van der Waals surface area contributed by atoms with Crippen LogP contribution < -0.4 is 5.32 Å². The van der Waals surface area contributed by atoms with E-state index in [2.05, 4.69) is 5.32 Å². The highest BCUT2D eigenvalue weighted by Crippen LogP contribution is 2.39. The molecule has 1 rings (SSSR count). The van der Waals surface area contributed by atoms with Gasteiger partial charge in [-0.25, -0.2) is 4.79 Å². The van der Waals surface area contributed by atoms with Crippen molar-refractivity contribution < 1.29 is 23.1 Å². The van der Waals surface area contributed by atoms with Crippen molar-refractivity contribution in [1.82, 2.24) is 5.32 Å². The number of carboxylic acid groups (broad SMARTS) is 1. The van der Waals surface area contributed by atoms with E-state index in [9.17, 15) is 18.0 Å². The van der Waals surface area contributed by atoms with E-state index in [1.165, 1.54) is 14.0 Å². The van der Waals surface area contributed by atoms with Crippen LogP contribution in [0.3, 0.4) is 0 Å². The predicted molar refractivity (Wildman–Crippen MR) is 65.6 cm³/mol. The summed E-state index contributed by atoms with van der Waals surface area (Å²) >= 11 is 5.80. The van der Waals surface area contributed by atoms with Crippen LogP contribution in [0.15, 0.2) is 6.07 Å². The van der Waals surface area contributed by atoms with Gasteiger partial charge in [0.2, 0.25) is 0 Å². The molecular formula is C12H13ClF3NO2. The van der Waals surface area contributed by atoms with Crippen LogP contribution in [0.2, 0.25) is 5.02 Å². The molecule has 2 N–H and O–H groups in total. The Balaban J connectivity index is 3.69. The van der Waals surface area contributed by atoms with Gasteiger partial charge in [0.15, 0.2) is 0 Å². The lowest BCUT2D eigenvalue weighted by atomic mass is 9.95. The van der Waals surface area contributed by atoms with Crippen LogP contribution in [0.4, 0.5) is 13.2 Å². The van der Waals surface area contributed by atoms with Gasteiger partial charge in [0, 0.05) is 6.54 Å². The first kappa shape index (κ1) is 15.8. The molecule has 7 heteroatoms. The van der Waals surface area contributed by atoms with E-state index in [4.69, 9.17) is 16.7 Å². The molecule has 0 unspecified atom stereocenters. The monoisotopic (exact) mass is 295 g/mol. The number of aromatic carboxylic acids is 1. The molecule has 0 saturated carbocycles. The summed E-state index contributed by atoms with van der Waals surface area (Å²) in [7, 11) is 1.47. The van der Waals surface area contributed by atoms with Gasteiger partial charge in [-0.2, -0.15) is 13.2 Å². The SMILES string of the molecule is CCc1cc(C(=O)O)c(Cl)c(CNC)c1C(F)(F)F. The van der Waals surface area contributed by atoms with Crippen molar-refractivity contribution in [2.75, 3.05) is 7.05 Å². The van der Waals surface area contributed by atoms with Crippen LogP contribution in [-0.2, 0) is 19.1 Å². The van der Waals surface area contributed by atoms with Crippen molar-refractivity contribution in [2.24, 2.45) is 0 Å². The Bertz CT molecular complexity index is 501. The summed E-state index contributed by atoms with van der Waals surface area (Å²) in [5.41, 5.74) is -1.45. The van der Waals surface area contributed by atoms with E-state index >= 15 is 0 Å². The van der Waals surface area contributed by atoms with Crippen LogP contribution in [0.25, 0.3) is 0 Å². The number of carboxylic acids is 1. The normalized spacial score (nSPS) is 11.7. The van der Waals surface area contributed by atoms with E-state index in [0.717, 1.165) is 6.07 Å². The van der Waals surface area contributed by atoms with Gasteiger partial charge in [-0.1, -0.05) is 18.5 Å². The highest BCUT2D eigenvalue weighted by atomic mass is 35.5. The molecule has 3 nitrogen and oxygen atoms in total. The Morgan fingerprint density at radius 2 is 2.05 bits per heavy atom. The zero-order valence-electron chi connectivity index (χ0n) is 10.4. The number of aryl methyl sites for hydroxylation is 1. The topological polar surface area (TPSA) is 49.3 Å². The minimum absolute atomic E-state index is 0.0699. The first-order valence-electron chi connectivity index (χ1n) is 5.53. The summed E-state index contributed by atoms with van der Waals surface area (Å²) in [6, 6.07) is 0.993. The van der Waals surface area contributed by atoms with Crippen molar-refractivity contribution >= 4 is 17.6 Å². The van der Waals surface area contributed by atoms with Crippen LogP contribution in [0.5, 0.6) is 0 Å². The average Bonchev–Trinajstić information content (AvgIpc) is 2.29. The van der Waals surface area contributed by atoms with Gasteiger partial charge < -0.3 is 10.4 Å². The van der Waals surface area contributed by atoms with Crippen molar-refractivity contribution in [3.8, 4) is 0 Å². The maximum Gasteiger partial charge on any atom is 0.417 e. The Hall–Kier alpha value is -1.27. The fraction of sp³-hybridized carbons (Fsp3) is 0.417. The fourth-order valence-corrected chi connectivity index (χ4v) is 2.20. The number of benzene rings is 1. The molecule has 0 fully saturated rings. The van der Waals surface area contributed by atoms with Crippen LogP contribution in [0, 0.1) is 0 Å².